The quantitative estimate of drug-likeness (QED) is 0.180. The smallest absolute Gasteiger partial charge is 0.268 e. The van der Waals surface area contributed by atoms with Crippen LogP contribution in [0.5, 0.6) is 0 Å². The fraction of sp³-hybridized carbons (Fsp3) is 0. The largest absolute Gasteiger partial charge is 0.307 e. The maximum atomic E-state index is 14.5. The number of nitrogens with zero attached hydrogens (tertiary/aromatic N) is 6. The van der Waals surface area contributed by atoms with Gasteiger partial charge in [0, 0.05) is 57.8 Å². The van der Waals surface area contributed by atoms with Gasteiger partial charge in [-0.05, 0) is 35.4 Å². The van der Waals surface area contributed by atoms with Crippen LogP contribution in [-0.2, 0) is 0 Å². The van der Waals surface area contributed by atoms with Gasteiger partial charge >= 0.3 is 0 Å². The second-order valence-electron chi connectivity index (χ2n) is 11.6. The molecule has 0 radical (unpaired) electrons. The predicted molar refractivity (Wildman–Crippen MR) is 186 cm³/mol. The van der Waals surface area contributed by atoms with Crippen molar-refractivity contribution in [2.45, 2.75) is 0 Å². The van der Waals surface area contributed by atoms with Crippen molar-refractivity contribution in [1.29, 1.82) is 0 Å². The Morgan fingerprint density at radius 3 is 1.54 bits per heavy atom. The SMILES string of the molecule is O=C1c2cccc(-n3c4c(-c5cncnc5)cccc4c4cccc(-c5cncnc5)c43)c2C(=O)N1c1ccc(-c2ccccc2)cc1. The third-order valence-electron chi connectivity index (χ3n) is 8.92. The first-order chi connectivity index (χ1) is 23.7. The Morgan fingerprint density at radius 1 is 0.438 bits per heavy atom. The van der Waals surface area contributed by atoms with Crippen molar-refractivity contribution in [2.75, 3.05) is 4.90 Å². The zero-order chi connectivity index (χ0) is 32.2. The topological polar surface area (TPSA) is 93.9 Å². The molecule has 9 rings (SSSR count). The van der Waals surface area contributed by atoms with E-state index in [0.717, 1.165) is 55.2 Å². The summed E-state index contributed by atoms with van der Waals surface area (Å²) in [4.78, 5) is 47.0. The van der Waals surface area contributed by atoms with Crippen molar-refractivity contribution in [3.8, 4) is 39.1 Å². The molecular weight excluding hydrogens is 596 g/mol. The van der Waals surface area contributed by atoms with Crippen LogP contribution in [0.4, 0.5) is 5.69 Å². The lowest BCUT2D eigenvalue weighted by molar-refractivity contribution is 0.0926. The minimum absolute atomic E-state index is 0.340. The van der Waals surface area contributed by atoms with Crippen molar-refractivity contribution in [1.82, 2.24) is 24.5 Å². The predicted octanol–water partition coefficient (Wildman–Crippen LogP) is 8.17. The lowest BCUT2D eigenvalue weighted by Gasteiger charge is -2.17. The molecule has 8 nitrogen and oxygen atoms in total. The van der Waals surface area contributed by atoms with E-state index in [2.05, 4.69) is 36.6 Å². The summed E-state index contributed by atoms with van der Waals surface area (Å²) in [5, 5.41) is 1.96. The van der Waals surface area contributed by atoms with Crippen LogP contribution in [0.1, 0.15) is 20.7 Å². The van der Waals surface area contributed by atoms with Crippen LogP contribution in [-0.4, -0.2) is 36.3 Å². The maximum absolute atomic E-state index is 14.5. The van der Waals surface area contributed by atoms with Crippen molar-refractivity contribution in [3.05, 3.63) is 158 Å². The molecule has 2 amide bonds. The van der Waals surface area contributed by atoms with E-state index in [9.17, 15) is 9.59 Å². The standard InChI is InChI=1S/C40H24N6O2/c47-39-34-13-6-14-35(36(34)40(48)45(39)29-17-15-26(16-18-29)25-7-2-1-3-8-25)46-37-30(27-19-41-23-42-20-27)9-4-11-32(37)33-12-5-10-31(38(33)46)28-21-43-24-44-22-28/h1-24H. The zero-order valence-corrected chi connectivity index (χ0v) is 25.4. The molecule has 0 unspecified atom stereocenters. The van der Waals surface area contributed by atoms with Crippen molar-refractivity contribution in [3.63, 3.8) is 0 Å². The molecule has 0 saturated heterocycles. The molecule has 0 N–H and O–H groups in total. The molecule has 3 aromatic heterocycles. The van der Waals surface area contributed by atoms with Gasteiger partial charge in [0.25, 0.3) is 11.8 Å². The molecule has 48 heavy (non-hydrogen) atoms. The summed E-state index contributed by atoms with van der Waals surface area (Å²) >= 11 is 0. The van der Waals surface area contributed by atoms with Gasteiger partial charge < -0.3 is 4.57 Å². The number of benzene rings is 5. The van der Waals surface area contributed by atoms with Crippen LogP contribution in [0.3, 0.4) is 0 Å². The number of amides is 2. The van der Waals surface area contributed by atoms with Crippen LogP contribution in [0.2, 0.25) is 0 Å². The maximum Gasteiger partial charge on any atom is 0.268 e. The summed E-state index contributed by atoms with van der Waals surface area (Å²) in [5.74, 6) is -0.743. The van der Waals surface area contributed by atoms with Gasteiger partial charge in [-0.25, -0.2) is 24.8 Å². The fourth-order valence-corrected chi connectivity index (χ4v) is 6.82. The van der Waals surface area contributed by atoms with E-state index in [1.54, 1.807) is 30.9 Å². The van der Waals surface area contributed by atoms with Gasteiger partial charge in [-0.1, -0.05) is 84.9 Å². The Balaban J connectivity index is 1.30. The highest BCUT2D eigenvalue weighted by Gasteiger charge is 2.39. The second-order valence-corrected chi connectivity index (χ2v) is 11.6. The van der Waals surface area contributed by atoms with Gasteiger partial charge in [-0.15, -0.1) is 0 Å². The van der Waals surface area contributed by atoms with E-state index in [1.165, 1.54) is 17.6 Å². The fourth-order valence-electron chi connectivity index (χ4n) is 6.82. The molecule has 1 aliphatic heterocycles. The van der Waals surface area contributed by atoms with Gasteiger partial charge in [0.05, 0.1) is 33.5 Å². The molecular formula is C40H24N6O2. The van der Waals surface area contributed by atoms with Gasteiger partial charge in [0.1, 0.15) is 12.7 Å². The summed E-state index contributed by atoms with van der Waals surface area (Å²) in [6.07, 6.45) is 10.1. The van der Waals surface area contributed by atoms with Crippen LogP contribution < -0.4 is 4.90 Å². The molecule has 0 saturated carbocycles. The summed E-state index contributed by atoms with van der Waals surface area (Å²) in [6.45, 7) is 0. The number of imide groups is 1. The monoisotopic (exact) mass is 620 g/mol. The van der Waals surface area contributed by atoms with Gasteiger partial charge in [0.2, 0.25) is 0 Å². The molecule has 0 spiro atoms. The van der Waals surface area contributed by atoms with Gasteiger partial charge in [-0.2, -0.15) is 0 Å². The number of hydrogen-bond acceptors (Lipinski definition) is 6. The van der Waals surface area contributed by atoms with E-state index >= 15 is 0 Å². The first kappa shape index (κ1) is 27.5. The number of anilines is 1. The Hall–Kier alpha value is -6.80. The number of para-hydroxylation sites is 2. The van der Waals surface area contributed by atoms with E-state index in [1.807, 2.05) is 91.0 Å². The average Bonchev–Trinajstić information content (AvgIpc) is 3.63. The summed E-state index contributed by atoms with van der Waals surface area (Å²) in [7, 11) is 0. The van der Waals surface area contributed by atoms with Crippen LogP contribution in [0, 0.1) is 0 Å². The molecule has 0 fully saturated rings. The normalized spacial score (nSPS) is 12.6. The number of hydrogen-bond donors (Lipinski definition) is 0. The minimum atomic E-state index is -0.380. The van der Waals surface area contributed by atoms with Crippen molar-refractivity contribution < 1.29 is 9.59 Å². The summed E-state index contributed by atoms with van der Waals surface area (Å²) in [5.41, 5.74) is 9.02. The first-order valence-corrected chi connectivity index (χ1v) is 15.4. The number of aromatic nitrogens is 5. The third-order valence-corrected chi connectivity index (χ3v) is 8.92. The highest BCUT2D eigenvalue weighted by molar-refractivity contribution is 6.36. The minimum Gasteiger partial charge on any atom is -0.307 e. The first-order valence-electron chi connectivity index (χ1n) is 15.4. The number of carbonyl (C=O) groups is 2. The Morgan fingerprint density at radius 2 is 0.958 bits per heavy atom. The van der Waals surface area contributed by atoms with E-state index < -0.39 is 0 Å². The molecule has 8 heteroatoms. The van der Waals surface area contributed by atoms with E-state index in [4.69, 9.17) is 0 Å². The van der Waals surface area contributed by atoms with Gasteiger partial charge in [0.15, 0.2) is 0 Å². The van der Waals surface area contributed by atoms with Crippen LogP contribution in [0.15, 0.2) is 147 Å². The molecule has 4 heterocycles. The summed E-state index contributed by atoms with van der Waals surface area (Å²) in [6, 6.07) is 35.2. The lowest BCUT2D eigenvalue weighted by atomic mass is 10.0. The molecule has 1 aliphatic rings. The van der Waals surface area contributed by atoms with Crippen LogP contribution in [0.25, 0.3) is 60.9 Å². The molecule has 0 aliphatic carbocycles. The highest BCUT2D eigenvalue weighted by atomic mass is 16.2. The number of rotatable bonds is 5. The third kappa shape index (κ3) is 4.16. The Kier molecular flexibility index (Phi) is 6.26. The average molecular weight is 621 g/mol. The Labute approximate surface area is 274 Å². The number of fused-ring (bicyclic) bond motifs is 4. The number of carbonyl (C=O) groups excluding carboxylic acids is 2. The molecule has 0 atom stereocenters. The molecule has 5 aromatic carbocycles. The molecule has 0 bridgehead atoms. The van der Waals surface area contributed by atoms with E-state index in [-0.39, 0.29) is 11.8 Å². The van der Waals surface area contributed by atoms with E-state index in [0.29, 0.717) is 22.5 Å². The van der Waals surface area contributed by atoms with Gasteiger partial charge in [-0.3, -0.25) is 9.59 Å². The Bertz CT molecular complexity index is 2430. The lowest BCUT2D eigenvalue weighted by Crippen LogP contribution is -2.29. The molecule has 226 valence electrons. The van der Waals surface area contributed by atoms with Crippen LogP contribution >= 0.6 is 0 Å². The highest BCUT2D eigenvalue weighted by Crippen LogP contribution is 2.43. The van der Waals surface area contributed by atoms with Crippen molar-refractivity contribution >= 4 is 39.3 Å². The zero-order valence-electron chi connectivity index (χ0n) is 25.4. The molecule has 8 aromatic rings. The van der Waals surface area contributed by atoms with Crippen molar-refractivity contribution in [2.24, 2.45) is 0 Å². The summed E-state index contributed by atoms with van der Waals surface area (Å²) < 4.78 is 2.10. The second kappa shape index (κ2) is 10.9.